The number of aryl methyl sites for hydroxylation is 1. The molecule has 1 saturated carbocycles. The zero-order valence-electron chi connectivity index (χ0n) is 13.4. The fraction of sp³-hybridized carbons (Fsp3) is 0.667. The summed E-state index contributed by atoms with van der Waals surface area (Å²) in [4.78, 5) is 22.0. The highest BCUT2D eigenvalue weighted by Crippen LogP contribution is 2.43. The Kier molecular flexibility index (Phi) is 3.35. The summed E-state index contributed by atoms with van der Waals surface area (Å²) < 4.78 is 0. The molecular formula is C18H25N3O. The molecule has 0 radical (unpaired) electrons. The van der Waals surface area contributed by atoms with Crippen LogP contribution in [-0.2, 0) is 4.79 Å². The Labute approximate surface area is 132 Å². The van der Waals surface area contributed by atoms with Gasteiger partial charge >= 0.3 is 0 Å². The van der Waals surface area contributed by atoms with Crippen LogP contribution in [0.2, 0.25) is 0 Å². The Morgan fingerprint density at radius 3 is 2.59 bits per heavy atom. The van der Waals surface area contributed by atoms with Crippen LogP contribution in [0.1, 0.15) is 37.8 Å². The Morgan fingerprint density at radius 2 is 1.91 bits per heavy atom. The molecular weight excluding hydrogens is 274 g/mol. The van der Waals surface area contributed by atoms with Gasteiger partial charge in [0.25, 0.3) is 0 Å². The van der Waals surface area contributed by atoms with Gasteiger partial charge in [-0.3, -0.25) is 4.79 Å². The van der Waals surface area contributed by atoms with E-state index in [9.17, 15) is 4.79 Å². The minimum Gasteiger partial charge on any atom is -0.357 e. The number of carbonyl (C=O) groups is 1. The van der Waals surface area contributed by atoms with Gasteiger partial charge in [0.15, 0.2) is 0 Å². The molecule has 2 saturated heterocycles. The number of aromatic nitrogens is 1. The van der Waals surface area contributed by atoms with Crippen molar-refractivity contribution in [3.8, 4) is 0 Å². The molecule has 0 atom stereocenters. The number of pyridine rings is 1. The van der Waals surface area contributed by atoms with Crippen LogP contribution in [0.5, 0.6) is 0 Å². The first-order valence-electron chi connectivity index (χ1n) is 8.64. The Bertz CT molecular complexity index is 573. The van der Waals surface area contributed by atoms with Gasteiger partial charge in [-0.1, -0.05) is 6.07 Å². The third-order valence-electron chi connectivity index (χ3n) is 5.69. The second-order valence-electron chi connectivity index (χ2n) is 7.35. The summed E-state index contributed by atoms with van der Waals surface area (Å²) in [5.41, 5.74) is 1.00. The van der Waals surface area contributed by atoms with Gasteiger partial charge in [-0.15, -0.1) is 0 Å². The van der Waals surface area contributed by atoms with E-state index in [0.717, 1.165) is 62.9 Å². The molecule has 4 nitrogen and oxygen atoms in total. The standard InChI is InChI=1S/C18H25N3O/c1-14-3-2-4-16(19-14)20-10-7-18(8-11-20)9-12-21(17(18)22)13-15-5-6-15/h2-4,15H,5-13H2,1H3. The molecule has 22 heavy (non-hydrogen) atoms. The minimum absolute atomic E-state index is 0.0603. The smallest absolute Gasteiger partial charge is 0.229 e. The van der Waals surface area contributed by atoms with Crippen molar-refractivity contribution in [3.05, 3.63) is 23.9 Å². The van der Waals surface area contributed by atoms with Crippen LogP contribution in [-0.4, -0.2) is 42.0 Å². The summed E-state index contributed by atoms with van der Waals surface area (Å²) >= 11 is 0. The Hall–Kier alpha value is -1.58. The van der Waals surface area contributed by atoms with Gasteiger partial charge in [0, 0.05) is 31.9 Å². The van der Waals surface area contributed by atoms with E-state index in [4.69, 9.17) is 0 Å². The molecule has 118 valence electrons. The lowest BCUT2D eigenvalue weighted by Crippen LogP contribution is -2.45. The summed E-state index contributed by atoms with van der Waals surface area (Å²) in [5.74, 6) is 2.31. The Morgan fingerprint density at radius 1 is 1.18 bits per heavy atom. The van der Waals surface area contributed by atoms with E-state index in [0.29, 0.717) is 5.91 Å². The highest BCUT2D eigenvalue weighted by atomic mass is 16.2. The van der Waals surface area contributed by atoms with Crippen molar-refractivity contribution in [1.82, 2.24) is 9.88 Å². The fourth-order valence-corrected chi connectivity index (χ4v) is 4.01. The number of hydrogen-bond donors (Lipinski definition) is 0. The number of carbonyl (C=O) groups excluding carboxylic acids is 1. The summed E-state index contributed by atoms with van der Waals surface area (Å²) in [6, 6.07) is 6.19. The molecule has 3 fully saturated rings. The number of rotatable bonds is 3. The van der Waals surface area contributed by atoms with Gasteiger partial charge in [0.2, 0.25) is 5.91 Å². The van der Waals surface area contributed by atoms with Gasteiger partial charge in [-0.2, -0.15) is 0 Å². The predicted molar refractivity (Wildman–Crippen MR) is 86.8 cm³/mol. The van der Waals surface area contributed by atoms with Crippen molar-refractivity contribution in [2.24, 2.45) is 11.3 Å². The molecule has 4 rings (SSSR count). The van der Waals surface area contributed by atoms with Crippen molar-refractivity contribution in [2.75, 3.05) is 31.1 Å². The van der Waals surface area contributed by atoms with E-state index in [1.807, 2.05) is 13.0 Å². The molecule has 1 aromatic rings. The quantitative estimate of drug-likeness (QED) is 0.861. The van der Waals surface area contributed by atoms with E-state index in [-0.39, 0.29) is 5.41 Å². The normalized spacial score (nSPS) is 24.3. The maximum atomic E-state index is 12.8. The predicted octanol–water partition coefficient (Wildman–Crippen LogP) is 2.62. The molecule has 0 aromatic carbocycles. The Balaban J connectivity index is 1.42. The molecule has 1 aliphatic carbocycles. The SMILES string of the molecule is Cc1cccc(N2CCC3(CCN(CC4CC4)C3=O)CC2)n1. The van der Waals surface area contributed by atoms with Crippen LogP contribution >= 0.6 is 0 Å². The number of hydrogen-bond acceptors (Lipinski definition) is 3. The van der Waals surface area contributed by atoms with Gasteiger partial charge in [0.1, 0.15) is 5.82 Å². The zero-order chi connectivity index (χ0) is 15.2. The molecule has 1 spiro atoms. The lowest BCUT2D eigenvalue weighted by Gasteiger charge is -2.38. The lowest BCUT2D eigenvalue weighted by molar-refractivity contribution is -0.137. The van der Waals surface area contributed by atoms with E-state index in [2.05, 4.69) is 26.9 Å². The average Bonchev–Trinajstić information content (AvgIpc) is 3.30. The van der Waals surface area contributed by atoms with E-state index < -0.39 is 0 Å². The van der Waals surface area contributed by atoms with Crippen LogP contribution in [0.3, 0.4) is 0 Å². The number of anilines is 1. The second kappa shape index (κ2) is 5.25. The van der Waals surface area contributed by atoms with Crippen molar-refractivity contribution < 1.29 is 4.79 Å². The first kappa shape index (κ1) is 14.0. The molecule has 1 amide bonds. The summed E-state index contributed by atoms with van der Waals surface area (Å²) in [6.45, 7) is 5.95. The highest BCUT2D eigenvalue weighted by molar-refractivity contribution is 5.85. The average molecular weight is 299 g/mol. The monoisotopic (exact) mass is 299 g/mol. The van der Waals surface area contributed by atoms with Crippen LogP contribution in [0.15, 0.2) is 18.2 Å². The van der Waals surface area contributed by atoms with Gasteiger partial charge < -0.3 is 9.80 Å². The molecule has 4 heteroatoms. The maximum absolute atomic E-state index is 12.8. The second-order valence-corrected chi connectivity index (χ2v) is 7.35. The maximum Gasteiger partial charge on any atom is 0.229 e. The topological polar surface area (TPSA) is 36.4 Å². The van der Waals surface area contributed by atoms with Gasteiger partial charge in [0.05, 0.1) is 5.41 Å². The summed E-state index contributed by atoms with van der Waals surface area (Å²) in [7, 11) is 0. The number of nitrogens with zero attached hydrogens (tertiary/aromatic N) is 3. The number of likely N-dealkylation sites (tertiary alicyclic amines) is 1. The molecule has 0 N–H and O–H groups in total. The van der Waals surface area contributed by atoms with E-state index >= 15 is 0 Å². The van der Waals surface area contributed by atoms with Crippen LogP contribution in [0.4, 0.5) is 5.82 Å². The molecule has 3 heterocycles. The van der Waals surface area contributed by atoms with Crippen LogP contribution < -0.4 is 4.90 Å². The lowest BCUT2D eigenvalue weighted by atomic mass is 9.77. The largest absolute Gasteiger partial charge is 0.357 e. The first-order chi connectivity index (χ1) is 10.7. The van der Waals surface area contributed by atoms with Crippen molar-refractivity contribution >= 4 is 11.7 Å². The van der Waals surface area contributed by atoms with Crippen molar-refractivity contribution in [2.45, 2.75) is 39.0 Å². The van der Waals surface area contributed by atoms with Gasteiger partial charge in [-0.25, -0.2) is 4.98 Å². The number of piperidine rings is 1. The van der Waals surface area contributed by atoms with Crippen molar-refractivity contribution in [1.29, 1.82) is 0 Å². The molecule has 3 aliphatic rings. The van der Waals surface area contributed by atoms with Crippen LogP contribution in [0, 0.1) is 18.3 Å². The zero-order valence-corrected chi connectivity index (χ0v) is 13.4. The molecule has 1 aromatic heterocycles. The minimum atomic E-state index is -0.0603. The van der Waals surface area contributed by atoms with Crippen LogP contribution in [0.25, 0.3) is 0 Å². The van der Waals surface area contributed by atoms with Gasteiger partial charge in [-0.05, 0) is 57.1 Å². The number of amides is 1. The summed E-state index contributed by atoms with van der Waals surface area (Å²) in [5, 5.41) is 0. The molecule has 0 unspecified atom stereocenters. The van der Waals surface area contributed by atoms with E-state index in [1.54, 1.807) is 0 Å². The fourth-order valence-electron chi connectivity index (χ4n) is 4.01. The third kappa shape index (κ3) is 2.49. The van der Waals surface area contributed by atoms with E-state index in [1.165, 1.54) is 12.8 Å². The highest BCUT2D eigenvalue weighted by Gasteiger charge is 2.48. The third-order valence-corrected chi connectivity index (χ3v) is 5.69. The summed E-state index contributed by atoms with van der Waals surface area (Å²) in [6.07, 6.45) is 5.69. The first-order valence-corrected chi connectivity index (χ1v) is 8.64. The van der Waals surface area contributed by atoms with Crippen molar-refractivity contribution in [3.63, 3.8) is 0 Å². The molecule has 2 aliphatic heterocycles. The molecule has 0 bridgehead atoms.